The average Bonchev–Trinajstić information content (AvgIpc) is 3.16. The molecule has 4 heteroatoms. The lowest BCUT2D eigenvalue weighted by Crippen LogP contribution is -2.34. The third-order valence-electron chi connectivity index (χ3n) is 5.57. The van der Waals surface area contributed by atoms with Crippen LogP contribution in [0.4, 0.5) is 0 Å². The van der Waals surface area contributed by atoms with Gasteiger partial charge in [-0.25, -0.2) is 4.98 Å². The fraction of sp³-hybridized carbons (Fsp3) is 0.391. The maximum Gasteiger partial charge on any atom is 0.254 e. The maximum atomic E-state index is 13.5. The average molecular weight is 379 g/mol. The van der Waals surface area contributed by atoms with Gasteiger partial charge in [0.2, 0.25) is 0 Å². The number of carbonyl (C=O) groups is 1. The molecule has 1 amide bonds. The number of hydrogen-bond donors (Lipinski definition) is 0. The van der Waals surface area contributed by atoms with Crippen LogP contribution >= 0.6 is 11.3 Å². The first-order valence-electron chi connectivity index (χ1n) is 9.88. The normalized spacial score (nSPS) is 15.6. The smallest absolute Gasteiger partial charge is 0.254 e. The Hall–Kier alpha value is -2.20. The molecule has 3 heterocycles. The summed E-state index contributed by atoms with van der Waals surface area (Å²) in [7, 11) is 0. The van der Waals surface area contributed by atoms with Gasteiger partial charge < -0.3 is 4.90 Å². The van der Waals surface area contributed by atoms with Crippen molar-refractivity contribution < 1.29 is 4.79 Å². The minimum Gasteiger partial charge on any atom is -0.339 e. The van der Waals surface area contributed by atoms with E-state index < -0.39 is 0 Å². The lowest BCUT2D eigenvalue weighted by molar-refractivity contribution is 0.0744. The molecule has 27 heavy (non-hydrogen) atoms. The highest BCUT2D eigenvalue weighted by molar-refractivity contribution is 7.13. The number of aryl methyl sites for hydroxylation is 2. The molecule has 0 N–H and O–H groups in total. The van der Waals surface area contributed by atoms with Crippen molar-refractivity contribution in [2.24, 2.45) is 0 Å². The number of thiophene rings is 1. The topological polar surface area (TPSA) is 33.2 Å². The molecule has 0 bridgehead atoms. The van der Waals surface area contributed by atoms with Crippen molar-refractivity contribution in [3.63, 3.8) is 0 Å². The third kappa shape index (κ3) is 3.77. The molecule has 4 rings (SSSR count). The Bertz CT molecular complexity index is 954. The van der Waals surface area contributed by atoms with Crippen LogP contribution in [0.3, 0.4) is 0 Å². The van der Waals surface area contributed by atoms with E-state index in [9.17, 15) is 4.79 Å². The van der Waals surface area contributed by atoms with Crippen LogP contribution in [0.15, 0.2) is 35.7 Å². The number of pyridine rings is 1. The van der Waals surface area contributed by atoms with Crippen molar-refractivity contribution in [1.82, 2.24) is 9.88 Å². The number of rotatable bonds is 2. The molecular formula is C23H26N2OS. The molecule has 0 spiro atoms. The molecule has 0 radical (unpaired) electrons. The summed E-state index contributed by atoms with van der Waals surface area (Å²) in [5.41, 5.74) is 5.03. The van der Waals surface area contributed by atoms with Gasteiger partial charge in [0.05, 0.1) is 21.7 Å². The molecule has 0 atom stereocenters. The molecule has 2 aromatic heterocycles. The van der Waals surface area contributed by atoms with Gasteiger partial charge >= 0.3 is 0 Å². The van der Waals surface area contributed by atoms with Crippen molar-refractivity contribution in [1.29, 1.82) is 0 Å². The highest BCUT2D eigenvalue weighted by Crippen LogP contribution is 2.30. The summed E-state index contributed by atoms with van der Waals surface area (Å²) < 4.78 is 0. The van der Waals surface area contributed by atoms with Crippen molar-refractivity contribution in [3.8, 4) is 10.6 Å². The minimum absolute atomic E-state index is 0.158. The molecule has 1 fully saturated rings. The Labute approximate surface area is 165 Å². The molecular weight excluding hydrogens is 352 g/mol. The van der Waals surface area contributed by atoms with Gasteiger partial charge in [-0.3, -0.25) is 4.79 Å². The van der Waals surface area contributed by atoms with Crippen LogP contribution in [0.1, 0.15) is 53.6 Å². The van der Waals surface area contributed by atoms with Gasteiger partial charge in [-0.1, -0.05) is 25.3 Å². The fourth-order valence-corrected chi connectivity index (χ4v) is 4.52. The second kappa shape index (κ2) is 7.81. The molecule has 1 aliphatic rings. The molecule has 1 aromatic carbocycles. The van der Waals surface area contributed by atoms with Crippen LogP contribution in [0, 0.1) is 13.8 Å². The minimum atomic E-state index is 0.158. The number of amides is 1. The standard InChI is InChI=1S/C23H26N2OS/c1-16-13-18-19(23(26)25-10-6-4-3-5-7-11-25)15-21(22-9-8-12-27-22)24-20(18)14-17(16)2/h8-9,12-15H,3-7,10-11H2,1-2H3. The number of fused-ring (bicyclic) bond motifs is 1. The van der Waals surface area contributed by atoms with Gasteiger partial charge in [-0.2, -0.15) is 0 Å². The summed E-state index contributed by atoms with van der Waals surface area (Å²) in [6.45, 7) is 5.93. The molecule has 0 saturated carbocycles. The number of aromatic nitrogens is 1. The Morgan fingerprint density at radius 1 is 1.00 bits per heavy atom. The number of hydrogen-bond acceptors (Lipinski definition) is 3. The molecule has 140 valence electrons. The zero-order valence-electron chi connectivity index (χ0n) is 16.1. The van der Waals surface area contributed by atoms with Gasteiger partial charge in [0.1, 0.15) is 0 Å². The monoisotopic (exact) mass is 378 g/mol. The van der Waals surface area contributed by atoms with Crippen LogP contribution in [-0.4, -0.2) is 28.9 Å². The van der Waals surface area contributed by atoms with Crippen LogP contribution < -0.4 is 0 Å². The van der Waals surface area contributed by atoms with Crippen molar-refractivity contribution in [2.75, 3.05) is 13.1 Å². The molecule has 1 saturated heterocycles. The van der Waals surface area contributed by atoms with Gasteiger partial charge in [-0.05, 0) is 67.5 Å². The van der Waals surface area contributed by atoms with Gasteiger partial charge in [0, 0.05) is 18.5 Å². The summed E-state index contributed by atoms with van der Waals surface area (Å²) in [5.74, 6) is 0.158. The number of carbonyl (C=O) groups excluding carboxylic acids is 1. The van der Waals surface area contributed by atoms with E-state index in [-0.39, 0.29) is 5.91 Å². The zero-order chi connectivity index (χ0) is 18.8. The lowest BCUT2D eigenvalue weighted by Gasteiger charge is -2.25. The highest BCUT2D eigenvalue weighted by atomic mass is 32.1. The Morgan fingerprint density at radius 3 is 2.41 bits per heavy atom. The number of likely N-dealkylation sites (tertiary alicyclic amines) is 1. The van der Waals surface area contributed by atoms with E-state index in [4.69, 9.17) is 4.98 Å². The van der Waals surface area contributed by atoms with E-state index >= 15 is 0 Å². The first-order valence-corrected chi connectivity index (χ1v) is 10.8. The summed E-state index contributed by atoms with van der Waals surface area (Å²) in [6, 6.07) is 10.4. The SMILES string of the molecule is Cc1cc2nc(-c3cccs3)cc(C(=O)N3CCCCCCC3)c2cc1C. The predicted octanol–water partition coefficient (Wildman–Crippen LogP) is 5.99. The van der Waals surface area contributed by atoms with Crippen molar-refractivity contribution in [3.05, 3.63) is 52.4 Å². The highest BCUT2D eigenvalue weighted by Gasteiger charge is 2.21. The maximum absolute atomic E-state index is 13.5. The second-order valence-electron chi connectivity index (χ2n) is 7.55. The van der Waals surface area contributed by atoms with Crippen LogP contribution in [-0.2, 0) is 0 Å². The van der Waals surface area contributed by atoms with E-state index in [2.05, 4.69) is 42.3 Å². The van der Waals surface area contributed by atoms with Crippen molar-refractivity contribution in [2.45, 2.75) is 46.0 Å². The first-order chi connectivity index (χ1) is 13.1. The summed E-state index contributed by atoms with van der Waals surface area (Å²) >= 11 is 1.67. The molecule has 0 unspecified atom stereocenters. The summed E-state index contributed by atoms with van der Waals surface area (Å²) in [4.78, 5) is 21.5. The van der Waals surface area contributed by atoms with Gasteiger partial charge in [0.15, 0.2) is 0 Å². The van der Waals surface area contributed by atoms with Crippen LogP contribution in [0.5, 0.6) is 0 Å². The Morgan fingerprint density at radius 2 is 1.70 bits per heavy atom. The summed E-state index contributed by atoms with van der Waals surface area (Å²) in [5, 5.41) is 3.03. The van der Waals surface area contributed by atoms with Gasteiger partial charge in [-0.15, -0.1) is 11.3 Å². The zero-order valence-corrected chi connectivity index (χ0v) is 16.9. The molecule has 3 nitrogen and oxygen atoms in total. The van der Waals surface area contributed by atoms with Gasteiger partial charge in [0.25, 0.3) is 5.91 Å². The molecule has 0 aliphatic carbocycles. The van der Waals surface area contributed by atoms with E-state index in [0.29, 0.717) is 0 Å². The van der Waals surface area contributed by atoms with Crippen molar-refractivity contribution >= 4 is 28.1 Å². The van der Waals surface area contributed by atoms with Crippen LogP contribution in [0.25, 0.3) is 21.5 Å². The van der Waals surface area contributed by atoms with Crippen LogP contribution in [0.2, 0.25) is 0 Å². The van der Waals surface area contributed by atoms with E-state index in [1.54, 1.807) is 11.3 Å². The quantitative estimate of drug-likeness (QED) is 0.549. The summed E-state index contributed by atoms with van der Waals surface area (Å²) in [6.07, 6.45) is 5.94. The Kier molecular flexibility index (Phi) is 5.26. The fourth-order valence-electron chi connectivity index (χ4n) is 3.83. The van der Waals surface area contributed by atoms with E-state index in [0.717, 1.165) is 53.0 Å². The first kappa shape index (κ1) is 18.2. The second-order valence-corrected chi connectivity index (χ2v) is 8.49. The molecule has 3 aromatic rings. The third-order valence-corrected chi connectivity index (χ3v) is 6.46. The van der Waals surface area contributed by atoms with E-state index in [1.165, 1.54) is 30.4 Å². The number of nitrogens with zero attached hydrogens (tertiary/aromatic N) is 2. The largest absolute Gasteiger partial charge is 0.339 e. The lowest BCUT2D eigenvalue weighted by atomic mass is 10.00. The number of benzene rings is 1. The Balaban J connectivity index is 1.83. The predicted molar refractivity (Wildman–Crippen MR) is 114 cm³/mol. The molecule has 1 aliphatic heterocycles. The van der Waals surface area contributed by atoms with E-state index in [1.807, 2.05) is 12.1 Å².